The minimum Gasteiger partial charge on any atom is -0.491 e. The van der Waals surface area contributed by atoms with E-state index in [9.17, 15) is 13.2 Å². The Morgan fingerprint density at radius 3 is 2.33 bits per heavy atom. The molecular formula is C19H25N3O4S. The van der Waals surface area contributed by atoms with Crippen LogP contribution in [0.5, 0.6) is 5.75 Å². The molecule has 0 aromatic heterocycles. The molecule has 0 bridgehead atoms. The van der Waals surface area contributed by atoms with Crippen molar-refractivity contribution in [1.29, 1.82) is 0 Å². The lowest BCUT2D eigenvalue weighted by Gasteiger charge is -2.11. The van der Waals surface area contributed by atoms with E-state index in [1.807, 2.05) is 32.0 Å². The van der Waals surface area contributed by atoms with Gasteiger partial charge in [-0.05, 0) is 49.6 Å². The highest BCUT2D eigenvalue weighted by Gasteiger charge is 2.07. The number of benzene rings is 2. The quantitative estimate of drug-likeness (QED) is 0.597. The molecule has 0 saturated heterocycles. The molecule has 2 aromatic rings. The highest BCUT2D eigenvalue weighted by atomic mass is 32.2. The minimum absolute atomic E-state index is 0.0702. The minimum atomic E-state index is -3.68. The number of ether oxygens (including phenoxy) is 1. The second-order valence-electron chi connectivity index (χ2n) is 6.24. The topological polar surface area (TPSA) is 111 Å². The van der Waals surface area contributed by atoms with E-state index in [4.69, 9.17) is 9.88 Å². The van der Waals surface area contributed by atoms with Crippen molar-refractivity contribution in [2.24, 2.45) is 5.14 Å². The Labute approximate surface area is 160 Å². The number of primary sulfonamides is 1. The van der Waals surface area contributed by atoms with Gasteiger partial charge in [-0.25, -0.2) is 18.4 Å². The fourth-order valence-corrected chi connectivity index (χ4v) is 3.03. The number of rotatable bonds is 8. The lowest BCUT2D eigenvalue weighted by molar-refractivity contribution is 0.236. The Kier molecular flexibility index (Phi) is 7.20. The van der Waals surface area contributed by atoms with Crippen LogP contribution in [0.4, 0.5) is 4.79 Å². The van der Waals surface area contributed by atoms with E-state index >= 15 is 0 Å². The predicted octanol–water partition coefficient (Wildman–Crippen LogP) is 1.87. The lowest BCUT2D eigenvalue weighted by atomic mass is 10.1. The second kappa shape index (κ2) is 9.38. The van der Waals surface area contributed by atoms with Gasteiger partial charge in [-0.3, -0.25) is 0 Å². The number of nitrogens with one attached hydrogen (secondary N) is 2. The van der Waals surface area contributed by atoms with Crippen LogP contribution in [0.15, 0.2) is 47.4 Å². The molecule has 4 N–H and O–H groups in total. The predicted molar refractivity (Wildman–Crippen MR) is 104 cm³/mol. The summed E-state index contributed by atoms with van der Waals surface area (Å²) >= 11 is 0. The molecule has 0 aliphatic carbocycles. The maximum absolute atomic E-state index is 11.8. The van der Waals surface area contributed by atoms with Crippen molar-refractivity contribution in [2.75, 3.05) is 19.7 Å². The van der Waals surface area contributed by atoms with Crippen molar-refractivity contribution in [2.45, 2.75) is 25.2 Å². The molecule has 8 heteroatoms. The molecular weight excluding hydrogens is 366 g/mol. The van der Waals surface area contributed by atoms with Crippen LogP contribution >= 0.6 is 0 Å². The Hall–Kier alpha value is -2.58. The van der Waals surface area contributed by atoms with Crippen LogP contribution < -0.4 is 20.5 Å². The van der Waals surface area contributed by atoms with Crippen molar-refractivity contribution in [1.82, 2.24) is 10.6 Å². The lowest BCUT2D eigenvalue weighted by Crippen LogP contribution is -2.38. The molecule has 0 aliphatic heterocycles. The number of carbonyl (C=O) groups is 1. The molecule has 2 amide bonds. The number of urea groups is 1. The van der Waals surface area contributed by atoms with Crippen LogP contribution in [0.2, 0.25) is 0 Å². The molecule has 146 valence electrons. The molecule has 0 fully saturated rings. The van der Waals surface area contributed by atoms with Gasteiger partial charge in [-0.2, -0.15) is 0 Å². The monoisotopic (exact) mass is 391 g/mol. The Morgan fingerprint density at radius 2 is 1.70 bits per heavy atom. The third-order valence-electron chi connectivity index (χ3n) is 3.93. The van der Waals surface area contributed by atoms with Gasteiger partial charge in [0.05, 0.1) is 11.4 Å². The molecule has 0 saturated carbocycles. The van der Waals surface area contributed by atoms with Crippen LogP contribution in [-0.4, -0.2) is 34.1 Å². The van der Waals surface area contributed by atoms with Crippen molar-refractivity contribution < 1.29 is 17.9 Å². The molecule has 2 aromatic carbocycles. The van der Waals surface area contributed by atoms with Crippen LogP contribution in [0.1, 0.15) is 16.7 Å². The van der Waals surface area contributed by atoms with Gasteiger partial charge in [0.15, 0.2) is 0 Å². The molecule has 0 unspecified atom stereocenters. The van der Waals surface area contributed by atoms with Gasteiger partial charge >= 0.3 is 6.03 Å². The standard InChI is InChI=1S/C19H25N3O4S/c1-14-3-8-18(15(2)13-14)26-12-11-22-19(23)21-10-9-16-4-6-17(7-5-16)27(20,24)25/h3-8,13H,9-12H2,1-2H3,(H2,20,24,25)(H2,21,22,23). The van der Waals surface area contributed by atoms with Gasteiger partial charge in [-0.1, -0.05) is 29.8 Å². The van der Waals surface area contributed by atoms with Crippen LogP contribution in [0.25, 0.3) is 0 Å². The van der Waals surface area contributed by atoms with Crippen molar-refractivity contribution in [3.05, 3.63) is 59.2 Å². The molecule has 0 heterocycles. The number of sulfonamides is 1. The van der Waals surface area contributed by atoms with Gasteiger partial charge in [0.1, 0.15) is 12.4 Å². The number of hydrogen-bond acceptors (Lipinski definition) is 4. The summed E-state index contributed by atoms with van der Waals surface area (Å²) in [5.41, 5.74) is 3.14. The van der Waals surface area contributed by atoms with Gasteiger partial charge in [0.25, 0.3) is 0 Å². The van der Waals surface area contributed by atoms with Gasteiger partial charge < -0.3 is 15.4 Å². The van der Waals surface area contributed by atoms with Crippen LogP contribution in [-0.2, 0) is 16.4 Å². The van der Waals surface area contributed by atoms with E-state index in [-0.39, 0.29) is 10.9 Å². The number of amides is 2. The normalized spacial score (nSPS) is 11.1. The number of nitrogens with two attached hydrogens (primary N) is 1. The number of aryl methyl sites for hydroxylation is 2. The fraction of sp³-hybridized carbons (Fsp3) is 0.316. The fourth-order valence-electron chi connectivity index (χ4n) is 2.52. The first-order valence-electron chi connectivity index (χ1n) is 8.59. The second-order valence-corrected chi connectivity index (χ2v) is 7.80. The van der Waals surface area contributed by atoms with E-state index in [0.29, 0.717) is 26.1 Å². The summed E-state index contributed by atoms with van der Waals surface area (Å²) in [6.07, 6.45) is 0.581. The van der Waals surface area contributed by atoms with E-state index in [0.717, 1.165) is 16.9 Å². The summed E-state index contributed by atoms with van der Waals surface area (Å²) in [5, 5.41) is 10.5. The maximum Gasteiger partial charge on any atom is 0.314 e. The SMILES string of the molecule is Cc1ccc(OCCNC(=O)NCCc2ccc(S(N)(=O)=O)cc2)c(C)c1. The van der Waals surface area contributed by atoms with E-state index in [2.05, 4.69) is 10.6 Å². The first kappa shape index (κ1) is 20.7. The molecule has 7 nitrogen and oxygen atoms in total. The summed E-state index contributed by atoms with van der Waals surface area (Å²) in [6, 6.07) is 11.9. The van der Waals surface area contributed by atoms with Gasteiger partial charge in [-0.15, -0.1) is 0 Å². The molecule has 27 heavy (non-hydrogen) atoms. The zero-order valence-corrected chi connectivity index (χ0v) is 16.3. The smallest absolute Gasteiger partial charge is 0.314 e. The Morgan fingerprint density at radius 1 is 1.04 bits per heavy atom. The van der Waals surface area contributed by atoms with Crippen LogP contribution in [0.3, 0.4) is 0 Å². The first-order valence-corrected chi connectivity index (χ1v) is 10.1. The van der Waals surface area contributed by atoms with E-state index in [1.165, 1.54) is 17.7 Å². The summed E-state index contributed by atoms with van der Waals surface area (Å²) in [6.45, 7) is 5.21. The summed E-state index contributed by atoms with van der Waals surface area (Å²) in [7, 11) is -3.68. The maximum atomic E-state index is 11.8. The zero-order chi connectivity index (χ0) is 19.9. The van der Waals surface area contributed by atoms with E-state index < -0.39 is 10.0 Å². The molecule has 0 radical (unpaired) electrons. The third kappa shape index (κ3) is 6.92. The molecule has 0 spiro atoms. The summed E-state index contributed by atoms with van der Waals surface area (Å²) < 4.78 is 28.1. The number of hydrogen-bond donors (Lipinski definition) is 3. The van der Waals surface area contributed by atoms with Crippen molar-refractivity contribution in [3.63, 3.8) is 0 Å². The highest BCUT2D eigenvalue weighted by Crippen LogP contribution is 2.18. The summed E-state index contributed by atoms with van der Waals surface area (Å²) in [4.78, 5) is 11.8. The molecule has 0 aliphatic rings. The van der Waals surface area contributed by atoms with Crippen molar-refractivity contribution in [3.8, 4) is 5.75 Å². The van der Waals surface area contributed by atoms with Gasteiger partial charge in [0, 0.05) is 6.54 Å². The number of carbonyl (C=O) groups excluding carboxylic acids is 1. The Bertz CT molecular complexity index is 880. The first-order chi connectivity index (χ1) is 12.8. The third-order valence-corrected chi connectivity index (χ3v) is 4.86. The van der Waals surface area contributed by atoms with Crippen LogP contribution in [0, 0.1) is 13.8 Å². The largest absolute Gasteiger partial charge is 0.491 e. The molecule has 2 rings (SSSR count). The Balaban J connectivity index is 1.65. The average Bonchev–Trinajstić information content (AvgIpc) is 2.60. The highest BCUT2D eigenvalue weighted by molar-refractivity contribution is 7.89. The zero-order valence-electron chi connectivity index (χ0n) is 15.5. The van der Waals surface area contributed by atoms with Crippen molar-refractivity contribution >= 4 is 16.1 Å². The van der Waals surface area contributed by atoms with E-state index in [1.54, 1.807) is 12.1 Å². The average molecular weight is 391 g/mol. The molecule has 0 atom stereocenters. The summed E-state index contributed by atoms with van der Waals surface area (Å²) in [5.74, 6) is 0.811. The van der Waals surface area contributed by atoms with Gasteiger partial charge in [0.2, 0.25) is 10.0 Å².